The highest BCUT2D eigenvalue weighted by Crippen LogP contribution is 1.87. The smallest absolute Gasteiger partial charge is 0.316 e. The fourth-order valence-corrected chi connectivity index (χ4v) is 1.30. The van der Waals surface area contributed by atoms with Gasteiger partial charge >= 0.3 is 53.7 Å². The van der Waals surface area contributed by atoms with Crippen LogP contribution >= 0.6 is 0 Å². The van der Waals surface area contributed by atoms with Crippen LogP contribution in [0.2, 0.25) is 0 Å². The lowest BCUT2D eigenvalue weighted by molar-refractivity contribution is -0.165. The van der Waals surface area contributed by atoms with Gasteiger partial charge in [-0.3, -0.25) is 43.2 Å². The molecule has 24 nitrogen and oxygen atoms in total. The molecule has 0 rings (SSSR count). The maximum Gasteiger partial charge on any atom is 0.316 e. The van der Waals surface area contributed by atoms with Crippen molar-refractivity contribution in [2.75, 3.05) is 83.4 Å². The Morgan fingerprint density at radius 3 is 0.532 bits per heavy atom. The van der Waals surface area contributed by atoms with Crippen LogP contribution in [0.3, 0.4) is 0 Å². The van der Waals surface area contributed by atoms with Gasteiger partial charge in [0.15, 0.2) is 0 Å². The molecule has 0 saturated heterocycles. The molecule has 0 aromatic rings. The monoisotopic (exact) mass is 1150 g/mol. The summed E-state index contributed by atoms with van der Waals surface area (Å²) in [6.07, 6.45) is 1.10. The molecular formula is C53H134O24. The minimum absolute atomic E-state index is 0. The van der Waals surface area contributed by atoms with E-state index in [2.05, 4.69) is 70.7 Å². The summed E-state index contributed by atoms with van der Waals surface area (Å²) in [7, 11) is 9.71. The zero-order valence-corrected chi connectivity index (χ0v) is 40.8. The molecule has 0 fully saturated rings. The predicted octanol–water partition coefficient (Wildman–Crippen LogP) is 12.2. The summed E-state index contributed by atoms with van der Waals surface area (Å²) in [5, 5.41) is 0. The van der Waals surface area contributed by atoms with Gasteiger partial charge in [0.1, 0.15) is 40.0 Å². The van der Waals surface area contributed by atoms with Gasteiger partial charge in [-0.25, -0.2) is 0 Å². The molecule has 0 bridgehead atoms. The Morgan fingerprint density at radius 1 is 0.299 bits per heavy atom. The van der Waals surface area contributed by atoms with E-state index in [0.717, 1.165) is 6.61 Å². The SMILES string of the molecule is C.C.C.C.C.C.C.C.C.C.C.C.C.C.C=O.C=O.C=O.CC.CC(=O)OCOC(C)=O.CC(=O)OCOC(C)=O.CCC.CCOC.CCOC(=O)CC.COC(=O)CC(=O)OC.COC(=O)CC(=O)OC.COCOC. The molecule has 0 atom stereocenters. The van der Waals surface area contributed by atoms with Gasteiger partial charge in [0.25, 0.3) is 0 Å². The summed E-state index contributed by atoms with van der Waals surface area (Å²) >= 11 is 0. The molecule has 24 heteroatoms. The van der Waals surface area contributed by atoms with Gasteiger partial charge in [-0.1, -0.05) is 145 Å². The van der Waals surface area contributed by atoms with Crippen LogP contribution in [0.5, 0.6) is 0 Å². The number of methoxy groups -OCH3 is 7. The van der Waals surface area contributed by atoms with Gasteiger partial charge in [0.2, 0.25) is 13.6 Å². The third kappa shape index (κ3) is 359. The van der Waals surface area contributed by atoms with Crippen molar-refractivity contribution < 1.29 is 114 Å². The Bertz CT molecular complexity index is 889. The molecule has 0 N–H and O–H groups in total. The molecule has 0 heterocycles. The Balaban J connectivity index is -0.0000000156. The van der Waals surface area contributed by atoms with Crippen molar-refractivity contribution >= 4 is 74.1 Å². The third-order valence-corrected chi connectivity index (χ3v) is 3.66. The summed E-state index contributed by atoms with van der Waals surface area (Å²) in [5.41, 5.74) is 0. The largest absolute Gasteiger partial charge is 0.469 e. The van der Waals surface area contributed by atoms with E-state index >= 15 is 0 Å². The van der Waals surface area contributed by atoms with E-state index in [0.29, 0.717) is 19.8 Å². The Morgan fingerprint density at radius 2 is 0.468 bits per heavy atom. The van der Waals surface area contributed by atoms with Crippen LogP contribution in [0.1, 0.15) is 206 Å². The molecule has 0 unspecified atom stereocenters. The highest BCUT2D eigenvalue weighted by atomic mass is 16.7. The lowest BCUT2D eigenvalue weighted by Crippen LogP contribution is -2.09. The second kappa shape index (κ2) is 189. The number of rotatable bonds is 13. The van der Waals surface area contributed by atoms with E-state index in [1.165, 1.54) is 62.6 Å². The van der Waals surface area contributed by atoms with Crippen molar-refractivity contribution in [1.29, 1.82) is 0 Å². The standard InChI is InChI=1S/4C5H8O4.C5H10O2.C3H8O2.C3H8O.C3H8.C2H6.3CH2O.14CH4/c2*1-8-4(6)3-5(7)9-2;2*1-4(6)8-3-9-5(2)7;1-3-5(6)7-4-2;1-4-3-5-2;1-3-4-2;1-3-2;4*1-2;;;;;;;;;;;;;;/h4*3H2,1-2H3;3-4H2,1-2H3;3H2,1-2H3;3H2,1-2H3;3H2,1-2H3;1-2H3;3*1H2;14*1H4. The van der Waals surface area contributed by atoms with Crippen molar-refractivity contribution in [2.45, 2.75) is 206 Å². The second-order valence-corrected chi connectivity index (χ2v) is 8.58. The van der Waals surface area contributed by atoms with Gasteiger partial charge in [-0.15, -0.1) is 0 Å². The van der Waals surface area contributed by atoms with Crippen molar-refractivity contribution in [3.8, 4) is 0 Å². The fourth-order valence-electron chi connectivity index (χ4n) is 1.30. The molecule has 0 amide bonds. The van der Waals surface area contributed by atoms with Gasteiger partial charge in [-0.05, 0) is 13.8 Å². The van der Waals surface area contributed by atoms with E-state index < -0.39 is 47.8 Å². The molecular weight excluding hydrogens is 1020 g/mol. The minimum atomic E-state index is -0.582. The van der Waals surface area contributed by atoms with Crippen LogP contribution in [0.15, 0.2) is 0 Å². The highest BCUT2D eigenvalue weighted by Gasteiger charge is 2.08. The molecule has 77 heavy (non-hydrogen) atoms. The number of esters is 9. The quantitative estimate of drug-likeness (QED) is 0.0715. The van der Waals surface area contributed by atoms with Gasteiger partial charge < -0.3 is 71.2 Å². The van der Waals surface area contributed by atoms with Gasteiger partial charge in [0.05, 0.1) is 35.0 Å². The topological polar surface area (TPSA) is 316 Å². The number of hydrogen-bond donors (Lipinski definition) is 0. The minimum Gasteiger partial charge on any atom is -0.469 e. The maximum absolute atomic E-state index is 10.3. The predicted molar refractivity (Wildman–Crippen MR) is 320 cm³/mol. The van der Waals surface area contributed by atoms with E-state index in [4.69, 9.17) is 14.4 Å². The zero-order valence-electron chi connectivity index (χ0n) is 40.8. The van der Waals surface area contributed by atoms with Crippen molar-refractivity contribution in [3.63, 3.8) is 0 Å². The maximum atomic E-state index is 10.3. The van der Waals surface area contributed by atoms with Crippen LogP contribution in [0, 0.1) is 0 Å². The number of carbonyl (C=O) groups excluding carboxylic acids is 12. The first kappa shape index (κ1) is 172. The second-order valence-electron chi connectivity index (χ2n) is 8.58. The molecule has 490 valence electrons. The normalized spacial score (nSPS) is 6.00. The summed E-state index contributed by atoms with van der Waals surface area (Å²) < 4.78 is 51.8. The van der Waals surface area contributed by atoms with Crippen molar-refractivity contribution in [3.05, 3.63) is 0 Å². The van der Waals surface area contributed by atoms with Gasteiger partial charge in [0, 0.05) is 62.1 Å². The Kier molecular flexibility index (Phi) is 421. The number of hydrogen-bond acceptors (Lipinski definition) is 24. The van der Waals surface area contributed by atoms with Crippen LogP contribution in [-0.2, 0) is 114 Å². The average molecular weight is 1160 g/mol. The van der Waals surface area contributed by atoms with Crippen LogP contribution in [0.25, 0.3) is 0 Å². The number of ether oxygens (including phenoxy) is 12. The lowest BCUT2D eigenvalue weighted by atomic mass is 10.4. The lowest BCUT2D eigenvalue weighted by Gasteiger charge is -1.99. The van der Waals surface area contributed by atoms with Crippen LogP contribution in [-0.4, -0.2) is 157 Å². The molecule has 0 aliphatic carbocycles. The van der Waals surface area contributed by atoms with Crippen molar-refractivity contribution in [2.24, 2.45) is 0 Å². The highest BCUT2D eigenvalue weighted by molar-refractivity contribution is 5.91. The van der Waals surface area contributed by atoms with E-state index in [-0.39, 0.29) is 136 Å². The fraction of sp³-hybridized carbons (Fsp3) is 0.774. The zero-order chi connectivity index (χ0) is 53.0. The first-order chi connectivity index (χ1) is 29.7. The summed E-state index contributed by atoms with van der Waals surface area (Å²) in [4.78, 5) is 115. The Hall–Kier alpha value is -5.88. The molecule has 0 spiro atoms. The van der Waals surface area contributed by atoms with Crippen LogP contribution in [0.4, 0.5) is 0 Å². The van der Waals surface area contributed by atoms with Crippen molar-refractivity contribution in [1.82, 2.24) is 0 Å². The summed E-state index contributed by atoms with van der Waals surface area (Å²) in [5.74, 6) is -4.30. The van der Waals surface area contributed by atoms with E-state index in [1.54, 1.807) is 35.2 Å². The summed E-state index contributed by atoms with van der Waals surface area (Å²) in [6.45, 7) is 25.9. The van der Waals surface area contributed by atoms with E-state index in [9.17, 15) is 43.2 Å². The molecule has 0 aliphatic rings. The molecule has 0 aliphatic heterocycles. The number of carbonyl (C=O) groups is 12. The molecule has 0 aromatic carbocycles. The Labute approximate surface area is 476 Å². The molecule has 0 radical (unpaired) electrons. The van der Waals surface area contributed by atoms with E-state index in [1.807, 2.05) is 41.1 Å². The third-order valence-electron chi connectivity index (χ3n) is 3.66. The molecule has 0 saturated carbocycles. The average Bonchev–Trinajstić information content (AvgIpc) is 3.27. The van der Waals surface area contributed by atoms with Crippen LogP contribution < -0.4 is 0 Å². The van der Waals surface area contributed by atoms with Gasteiger partial charge in [-0.2, -0.15) is 0 Å². The summed E-state index contributed by atoms with van der Waals surface area (Å²) in [6, 6.07) is 0. The first-order valence-electron chi connectivity index (χ1n) is 18.0. The first-order valence-corrected chi connectivity index (χ1v) is 18.0. The molecule has 0 aromatic heterocycles.